The summed E-state index contributed by atoms with van der Waals surface area (Å²) in [6.45, 7) is 4.36. The number of benzene rings is 2. The number of quaternary nitrogens is 1. The molecule has 1 saturated heterocycles. The topological polar surface area (TPSA) is 90.8 Å². The summed E-state index contributed by atoms with van der Waals surface area (Å²) in [6, 6.07) is 14.1. The highest BCUT2D eigenvalue weighted by molar-refractivity contribution is 5.91. The Hall–Kier alpha value is -3.30. The molecule has 2 atom stereocenters. The van der Waals surface area contributed by atoms with Crippen LogP contribution in [0.3, 0.4) is 0 Å². The lowest BCUT2D eigenvalue weighted by atomic mass is 9.94. The number of carbonyl (C=O) groups excluding carboxylic acids is 2. The van der Waals surface area contributed by atoms with Crippen molar-refractivity contribution in [3.05, 3.63) is 54.1 Å². The average molecular weight is 539 g/mol. The molecular formula is C30H40N3O6+. The van der Waals surface area contributed by atoms with Crippen LogP contribution in [0.4, 0.5) is 0 Å². The molecule has 0 spiro atoms. The number of amides is 2. The standard InChI is InChI=1S/C30H39N3O6/c1-36-24-13-11-22(12-14-24)28(29(34)31-23-7-3-2-4-8-23)33(16-15-32-17-19-37-20-18-32)30(35)27-21-38-25-9-5-6-10-26(25)39-27/h5-6,9-14,23,27-28H,2-4,7-8,15-21H2,1H3,(H,31,34)/p+1/t27-,28+/m1/s1. The van der Waals surface area contributed by atoms with Crippen LogP contribution in [0.15, 0.2) is 48.5 Å². The van der Waals surface area contributed by atoms with E-state index in [-0.39, 0.29) is 24.5 Å². The SMILES string of the molecule is COc1ccc([C@@H](C(=O)NC2CCCCC2)N(CC[NH+]2CCOCC2)C(=O)[C@H]2COc3ccccc3O2)cc1. The summed E-state index contributed by atoms with van der Waals surface area (Å²) in [7, 11) is 1.61. The maximum Gasteiger partial charge on any atom is 0.268 e. The van der Waals surface area contributed by atoms with E-state index in [0.29, 0.717) is 43.6 Å². The fourth-order valence-electron chi connectivity index (χ4n) is 5.67. The number of nitrogens with zero attached hydrogens (tertiary/aromatic N) is 1. The van der Waals surface area contributed by atoms with Crippen molar-refractivity contribution in [3.63, 3.8) is 0 Å². The summed E-state index contributed by atoms with van der Waals surface area (Å²) in [5.74, 6) is 1.44. The van der Waals surface area contributed by atoms with Crippen molar-refractivity contribution in [1.29, 1.82) is 0 Å². The van der Waals surface area contributed by atoms with E-state index in [4.69, 9.17) is 18.9 Å². The number of hydrogen-bond acceptors (Lipinski definition) is 6. The Bertz CT molecular complexity index is 1100. The van der Waals surface area contributed by atoms with Gasteiger partial charge in [-0.15, -0.1) is 0 Å². The number of carbonyl (C=O) groups is 2. The second-order valence-corrected chi connectivity index (χ2v) is 10.5. The largest absolute Gasteiger partial charge is 0.497 e. The molecule has 1 aliphatic carbocycles. The van der Waals surface area contributed by atoms with E-state index in [0.717, 1.165) is 44.3 Å². The zero-order valence-electron chi connectivity index (χ0n) is 22.7. The van der Waals surface area contributed by atoms with Gasteiger partial charge in [-0.1, -0.05) is 43.5 Å². The highest BCUT2D eigenvalue weighted by atomic mass is 16.6. The van der Waals surface area contributed by atoms with Gasteiger partial charge in [-0.3, -0.25) is 9.59 Å². The van der Waals surface area contributed by atoms with E-state index in [1.54, 1.807) is 18.1 Å². The van der Waals surface area contributed by atoms with Crippen molar-refractivity contribution < 1.29 is 33.4 Å². The number of methoxy groups -OCH3 is 1. The normalized spacial score (nSPS) is 20.6. The van der Waals surface area contributed by atoms with Gasteiger partial charge in [0.1, 0.15) is 31.5 Å². The molecule has 2 heterocycles. The van der Waals surface area contributed by atoms with Gasteiger partial charge < -0.3 is 34.1 Å². The quantitative estimate of drug-likeness (QED) is 0.506. The number of nitrogens with one attached hydrogen (secondary N) is 2. The number of fused-ring (bicyclic) bond motifs is 1. The fraction of sp³-hybridized carbons (Fsp3) is 0.533. The third kappa shape index (κ3) is 6.83. The zero-order valence-corrected chi connectivity index (χ0v) is 22.7. The van der Waals surface area contributed by atoms with Crippen LogP contribution in [0.2, 0.25) is 0 Å². The maximum absolute atomic E-state index is 14.2. The van der Waals surface area contributed by atoms with E-state index < -0.39 is 12.1 Å². The number of ether oxygens (including phenoxy) is 4. The first-order valence-corrected chi connectivity index (χ1v) is 14.2. The van der Waals surface area contributed by atoms with Crippen molar-refractivity contribution in [3.8, 4) is 17.2 Å². The molecule has 5 rings (SSSR count). The van der Waals surface area contributed by atoms with E-state index in [2.05, 4.69) is 5.32 Å². The molecule has 2 N–H and O–H groups in total. The molecule has 1 saturated carbocycles. The number of rotatable bonds is 9. The van der Waals surface area contributed by atoms with E-state index >= 15 is 0 Å². The maximum atomic E-state index is 14.2. The van der Waals surface area contributed by atoms with Gasteiger partial charge in [0.25, 0.3) is 5.91 Å². The summed E-state index contributed by atoms with van der Waals surface area (Å²) < 4.78 is 22.9. The van der Waals surface area contributed by atoms with Crippen LogP contribution in [0.25, 0.3) is 0 Å². The predicted octanol–water partition coefficient (Wildman–Crippen LogP) is 1.77. The summed E-state index contributed by atoms with van der Waals surface area (Å²) in [5, 5.41) is 3.27. The van der Waals surface area contributed by atoms with Gasteiger partial charge in [-0.2, -0.15) is 0 Å². The number of hydrogen-bond donors (Lipinski definition) is 2. The summed E-state index contributed by atoms with van der Waals surface area (Å²) >= 11 is 0. The summed E-state index contributed by atoms with van der Waals surface area (Å²) in [4.78, 5) is 31.3. The Morgan fingerprint density at radius 2 is 1.74 bits per heavy atom. The molecule has 0 bridgehead atoms. The fourth-order valence-corrected chi connectivity index (χ4v) is 5.67. The molecule has 2 aromatic rings. The van der Waals surface area contributed by atoms with E-state index in [9.17, 15) is 9.59 Å². The van der Waals surface area contributed by atoms with Crippen LogP contribution in [0.5, 0.6) is 17.2 Å². The van der Waals surface area contributed by atoms with Crippen LogP contribution in [-0.4, -0.2) is 82.0 Å². The smallest absolute Gasteiger partial charge is 0.268 e. The molecule has 39 heavy (non-hydrogen) atoms. The van der Waals surface area contributed by atoms with Crippen LogP contribution >= 0.6 is 0 Å². The van der Waals surface area contributed by atoms with Crippen LogP contribution in [-0.2, 0) is 14.3 Å². The lowest BCUT2D eigenvalue weighted by Crippen LogP contribution is -3.14. The lowest BCUT2D eigenvalue weighted by molar-refractivity contribution is -0.907. The van der Waals surface area contributed by atoms with E-state index in [1.165, 1.54) is 11.3 Å². The molecule has 9 nitrogen and oxygen atoms in total. The average Bonchev–Trinajstić information content (AvgIpc) is 2.99. The van der Waals surface area contributed by atoms with Gasteiger partial charge in [-0.05, 0) is 42.7 Å². The lowest BCUT2D eigenvalue weighted by Gasteiger charge is -2.37. The third-order valence-electron chi connectivity index (χ3n) is 7.92. The molecule has 2 amide bonds. The van der Waals surface area contributed by atoms with Crippen molar-refractivity contribution in [2.45, 2.75) is 50.3 Å². The van der Waals surface area contributed by atoms with Gasteiger partial charge in [0.15, 0.2) is 11.5 Å². The van der Waals surface area contributed by atoms with Gasteiger partial charge in [-0.25, -0.2) is 0 Å². The third-order valence-corrected chi connectivity index (χ3v) is 7.92. The summed E-state index contributed by atoms with van der Waals surface area (Å²) in [6.07, 6.45) is 4.48. The molecular weight excluding hydrogens is 498 g/mol. The molecule has 0 unspecified atom stereocenters. The minimum absolute atomic E-state index is 0.0936. The molecule has 2 aromatic carbocycles. The first-order chi connectivity index (χ1) is 19.1. The Morgan fingerprint density at radius 1 is 1.03 bits per heavy atom. The minimum atomic E-state index is -0.845. The molecule has 0 aromatic heterocycles. The van der Waals surface area contributed by atoms with Crippen LogP contribution in [0.1, 0.15) is 43.7 Å². The van der Waals surface area contributed by atoms with Gasteiger partial charge in [0.2, 0.25) is 12.0 Å². The molecule has 210 valence electrons. The Balaban J connectivity index is 1.44. The molecule has 3 aliphatic rings. The Labute approximate surface area is 230 Å². The van der Waals surface area contributed by atoms with Gasteiger partial charge >= 0.3 is 0 Å². The van der Waals surface area contributed by atoms with Crippen molar-refractivity contribution in [1.82, 2.24) is 10.2 Å². The van der Waals surface area contributed by atoms with Crippen LogP contribution in [0, 0.1) is 0 Å². The van der Waals surface area contributed by atoms with Crippen molar-refractivity contribution in [2.75, 3.05) is 53.1 Å². The van der Waals surface area contributed by atoms with Gasteiger partial charge in [0, 0.05) is 6.04 Å². The summed E-state index contributed by atoms with van der Waals surface area (Å²) in [5.41, 5.74) is 0.742. The molecule has 0 radical (unpaired) electrons. The highest BCUT2D eigenvalue weighted by Crippen LogP contribution is 2.33. The molecule has 9 heteroatoms. The predicted molar refractivity (Wildman–Crippen MR) is 145 cm³/mol. The molecule has 2 aliphatic heterocycles. The highest BCUT2D eigenvalue weighted by Gasteiger charge is 2.39. The number of morpholine rings is 1. The first kappa shape index (κ1) is 27.3. The van der Waals surface area contributed by atoms with Crippen molar-refractivity contribution >= 4 is 11.8 Å². The second-order valence-electron chi connectivity index (χ2n) is 10.5. The van der Waals surface area contributed by atoms with Crippen LogP contribution < -0.4 is 24.4 Å². The Kier molecular flexibility index (Phi) is 9.21. The Morgan fingerprint density at radius 3 is 2.46 bits per heavy atom. The minimum Gasteiger partial charge on any atom is -0.497 e. The number of para-hydroxylation sites is 2. The zero-order chi connectivity index (χ0) is 27.0. The molecule has 2 fully saturated rings. The van der Waals surface area contributed by atoms with Crippen molar-refractivity contribution in [2.24, 2.45) is 0 Å². The second kappa shape index (κ2) is 13.2. The van der Waals surface area contributed by atoms with Gasteiger partial charge in [0.05, 0.1) is 33.4 Å². The monoisotopic (exact) mass is 538 g/mol. The van der Waals surface area contributed by atoms with E-state index in [1.807, 2.05) is 42.5 Å². The first-order valence-electron chi connectivity index (χ1n) is 14.2.